The van der Waals surface area contributed by atoms with Gasteiger partial charge in [0.2, 0.25) is 0 Å². The van der Waals surface area contributed by atoms with Crippen molar-refractivity contribution in [1.82, 2.24) is 0 Å². The zero-order valence-corrected chi connectivity index (χ0v) is 8.51. The van der Waals surface area contributed by atoms with E-state index in [-0.39, 0.29) is 18.8 Å². The molecule has 0 spiro atoms. The van der Waals surface area contributed by atoms with Crippen LogP contribution in [0, 0.1) is 0 Å². The Morgan fingerprint density at radius 1 is 1.69 bits per heavy atom. The molecule has 0 fully saturated rings. The van der Waals surface area contributed by atoms with E-state index in [2.05, 4.69) is 15.8 Å². The van der Waals surface area contributed by atoms with Crippen LogP contribution in [0.1, 0.15) is 6.92 Å². The highest BCUT2D eigenvalue weighted by atomic mass is 31.1. The van der Waals surface area contributed by atoms with Gasteiger partial charge in [0.1, 0.15) is 19.3 Å². The van der Waals surface area contributed by atoms with Crippen LogP contribution in [-0.2, 0) is 14.1 Å². The molecule has 0 aromatic heterocycles. The van der Waals surface area contributed by atoms with Gasteiger partial charge in [-0.3, -0.25) is 0 Å². The van der Waals surface area contributed by atoms with E-state index in [1.54, 1.807) is 0 Å². The van der Waals surface area contributed by atoms with Crippen molar-refractivity contribution in [1.29, 1.82) is 0 Å². The van der Waals surface area contributed by atoms with Crippen molar-refractivity contribution < 1.29 is 24.1 Å². The second kappa shape index (κ2) is 6.97. The van der Waals surface area contributed by atoms with Crippen LogP contribution >= 0.6 is 9.03 Å². The normalized spacial score (nSPS) is 13.2. The monoisotopic (exact) mass is 208 g/mol. The highest BCUT2D eigenvalue weighted by Crippen LogP contribution is 2.00. The summed E-state index contributed by atoms with van der Waals surface area (Å²) >= 11 is 0. The highest BCUT2D eigenvalue weighted by molar-refractivity contribution is 7.23. The Labute approximate surface area is 78.3 Å². The maximum atomic E-state index is 10.8. The Hall–Kier alpha value is -0.480. The molecule has 6 heteroatoms. The molecule has 0 saturated carbocycles. The van der Waals surface area contributed by atoms with E-state index in [1.807, 2.05) is 0 Å². The summed E-state index contributed by atoms with van der Waals surface area (Å²) in [6.07, 6.45) is -0.940. The fourth-order valence-electron chi connectivity index (χ4n) is 0.494. The highest BCUT2D eigenvalue weighted by Gasteiger charge is 2.09. The van der Waals surface area contributed by atoms with Crippen molar-refractivity contribution in [3.05, 3.63) is 12.2 Å². The minimum Gasteiger partial charge on any atom is -0.659 e. The second-order valence-corrected chi connectivity index (χ2v) is 2.99. The Morgan fingerprint density at radius 2 is 2.31 bits per heavy atom. The van der Waals surface area contributed by atoms with Crippen molar-refractivity contribution in [2.45, 2.75) is 13.0 Å². The number of hydrogen-bond donors (Lipinski definition) is 1. The average molecular weight is 208 g/mol. The largest absolute Gasteiger partial charge is 0.659 e. The molecule has 0 aliphatic rings. The molecule has 0 heterocycles. The topological polar surface area (TPSA) is 78.8 Å². The number of hydrogen-bond acceptors (Lipinski definition) is 5. The fraction of sp³-hybridized carbons (Fsp3) is 0.571. The predicted molar refractivity (Wildman–Crippen MR) is 47.4 cm³/mol. The van der Waals surface area contributed by atoms with Crippen LogP contribution in [-0.4, -0.2) is 30.4 Å². The van der Waals surface area contributed by atoms with Crippen molar-refractivity contribution in [3.8, 4) is 0 Å². The minimum atomic E-state index is -1.34. The number of aliphatic hydroxyl groups excluding tert-OH is 1. The minimum absolute atomic E-state index is 0.0949. The van der Waals surface area contributed by atoms with Gasteiger partial charge in [-0.05, 0) is 6.92 Å². The summed E-state index contributed by atoms with van der Waals surface area (Å²) < 4.78 is 9.05. The van der Waals surface area contributed by atoms with Crippen LogP contribution in [0.3, 0.4) is 0 Å². The fourth-order valence-corrected chi connectivity index (χ4v) is 0.794. The van der Waals surface area contributed by atoms with Crippen molar-refractivity contribution in [2.75, 3.05) is 13.2 Å². The zero-order valence-electron chi connectivity index (χ0n) is 7.36. The van der Waals surface area contributed by atoms with E-state index < -0.39 is 21.1 Å². The number of carbonyl (C=O) groups is 1. The predicted octanol–water partition coefficient (Wildman–Crippen LogP) is -0.916. The quantitative estimate of drug-likeness (QED) is 0.347. The van der Waals surface area contributed by atoms with E-state index in [4.69, 9.17) is 5.11 Å². The lowest BCUT2D eigenvalue weighted by Crippen LogP contribution is -2.23. The Morgan fingerprint density at radius 3 is 2.77 bits per heavy atom. The van der Waals surface area contributed by atoms with Crippen LogP contribution in [0.4, 0.5) is 0 Å². The molecule has 0 bridgehead atoms. The Kier molecular flexibility index (Phi) is 6.72. The lowest BCUT2D eigenvalue weighted by atomic mass is 10.3. The molecule has 0 saturated heterocycles. The first-order chi connectivity index (χ1) is 6.07. The van der Waals surface area contributed by atoms with Crippen LogP contribution in [0.5, 0.6) is 0 Å². The van der Waals surface area contributed by atoms with E-state index in [0.717, 1.165) is 0 Å². The third kappa shape index (κ3) is 6.66. The molecule has 0 radical (unpaired) electrons. The third-order valence-corrected chi connectivity index (χ3v) is 1.44. The molecule has 0 aromatic rings. The van der Waals surface area contributed by atoms with Gasteiger partial charge in [0.05, 0.1) is 9.03 Å². The smallest absolute Gasteiger partial charge is 0.333 e. The van der Waals surface area contributed by atoms with Crippen molar-refractivity contribution in [2.24, 2.45) is 0 Å². The van der Waals surface area contributed by atoms with Gasteiger partial charge >= 0.3 is 5.97 Å². The number of aliphatic hydroxyl groups is 1. The summed E-state index contributed by atoms with van der Waals surface area (Å²) in [5, 5.41) is 9.05. The third-order valence-electron chi connectivity index (χ3n) is 1.11. The molecule has 2 atom stereocenters. The van der Waals surface area contributed by atoms with Gasteiger partial charge in [0.15, 0.2) is 0 Å². The van der Waals surface area contributed by atoms with Gasteiger partial charge < -0.3 is 14.7 Å². The number of esters is 1. The van der Waals surface area contributed by atoms with Crippen LogP contribution in [0.15, 0.2) is 12.2 Å². The Bertz CT molecular complexity index is 182. The van der Waals surface area contributed by atoms with Crippen LogP contribution in [0.2, 0.25) is 0 Å². The molecule has 76 valence electrons. The van der Waals surface area contributed by atoms with Gasteiger partial charge in [-0.25, -0.2) is 9.32 Å². The molecule has 13 heavy (non-hydrogen) atoms. The molecule has 0 aliphatic carbocycles. The van der Waals surface area contributed by atoms with E-state index in [0.29, 0.717) is 0 Å². The van der Waals surface area contributed by atoms with E-state index >= 15 is 0 Å². The average Bonchev–Trinajstić information content (AvgIpc) is 2.10. The first-order valence-corrected chi connectivity index (χ1v) is 4.58. The number of carbonyl (C=O) groups excluding carboxylic acids is 1. The molecule has 0 rings (SSSR count). The first-order valence-electron chi connectivity index (χ1n) is 3.64. The second-order valence-electron chi connectivity index (χ2n) is 2.46. The summed E-state index contributed by atoms with van der Waals surface area (Å²) in [5.41, 5.74) is 0.266. The van der Waals surface area contributed by atoms with E-state index in [9.17, 15) is 9.69 Å². The summed E-state index contributed by atoms with van der Waals surface area (Å²) in [6.45, 7) is 4.60. The first kappa shape index (κ1) is 12.5. The van der Waals surface area contributed by atoms with Gasteiger partial charge in [0, 0.05) is 5.57 Å². The molecule has 1 N–H and O–H groups in total. The summed E-state index contributed by atoms with van der Waals surface area (Å²) in [7, 11) is -1.34. The Balaban J connectivity index is 3.51. The number of rotatable bonds is 6. The molecule has 5 nitrogen and oxygen atoms in total. The maximum absolute atomic E-state index is 10.8. The van der Waals surface area contributed by atoms with Crippen molar-refractivity contribution in [3.63, 3.8) is 0 Å². The van der Waals surface area contributed by atoms with Gasteiger partial charge in [-0.1, -0.05) is 6.58 Å². The molecule has 0 amide bonds. The molecular formula is C7H13O5P. The zero-order chi connectivity index (χ0) is 10.3. The SMILES string of the molecule is C=C(C)C(=O)OCC(O)CO[PH2+][O-]. The van der Waals surface area contributed by atoms with Crippen LogP contribution < -0.4 is 4.89 Å². The maximum Gasteiger partial charge on any atom is 0.333 e. The molecule has 0 aromatic carbocycles. The van der Waals surface area contributed by atoms with Gasteiger partial charge in [-0.2, -0.15) is 0 Å². The summed E-state index contributed by atoms with van der Waals surface area (Å²) in [5.74, 6) is -0.562. The summed E-state index contributed by atoms with van der Waals surface area (Å²) in [6, 6.07) is 0. The van der Waals surface area contributed by atoms with Gasteiger partial charge in [0.25, 0.3) is 0 Å². The van der Waals surface area contributed by atoms with Crippen molar-refractivity contribution >= 4 is 15.0 Å². The number of ether oxygens (including phenoxy) is 1. The summed E-state index contributed by atoms with van der Waals surface area (Å²) in [4.78, 5) is 20.7. The standard InChI is InChI=1S/C7H13O5P/c1-5(2)7(9)11-3-6(8)4-12-13-10/h6,8H,1,3-4,13H2,2H3. The molecule has 2 unspecified atom stereocenters. The van der Waals surface area contributed by atoms with Crippen LogP contribution in [0.25, 0.3) is 0 Å². The molecular weight excluding hydrogens is 195 g/mol. The molecule has 0 aliphatic heterocycles. The van der Waals surface area contributed by atoms with E-state index in [1.165, 1.54) is 6.92 Å². The lowest BCUT2D eigenvalue weighted by molar-refractivity contribution is -0.171. The lowest BCUT2D eigenvalue weighted by Gasteiger charge is -2.09. The van der Waals surface area contributed by atoms with Gasteiger partial charge in [-0.15, -0.1) is 0 Å².